The largest absolute Gasteiger partial charge is 0.465 e. The Bertz CT molecular complexity index is 1630. The summed E-state index contributed by atoms with van der Waals surface area (Å²) < 4.78 is 7.43. The van der Waals surface area contributed by atoms with Crippen LogP contribution in [0.15, 0.2) is 79.0 Å². The third-order valence-electron chi connectivity index (χ3n) is 6.76. The van der Waals surface area contributed by atoms with Crippen molar-refractivity contribution < 1.29 is 14.6 Å². The highest BCUT2D eigenvalue weighted by atomic mass is 16.5. The van der Waals surface area contributed by atoms with Crippen LogP contribution in [0, 0.1) is 0 Å². The average molecular weight is 522 g/mol. The first-order valence-electron chi connectivity index (χ1n) is 12.7. The minimum atomic E-state index is -1.07. The van der Waals surface area contributed by atoms with E-state index in [0.717, 1.165) is 54.3 Å². The molecule has 39 heavy (non-hydrogen) atoms. The molecule has 1 saturated heterocycles. The van der Waals surface area contributed by atoms with Gasteiger partial charge in [0.05, 0.1) is 24.5 Å². The molecule has 1 amide bonds. The van der Waals surface area contributed by atoms with Crippen LogP contribution in [0.2, 0.25) is 0 Å². The second kappa shape index (κ2) is 10.4. The van der Waals surface area contributed by atoms with Gasteiger partial charge in [0.25, 0.3) is 0 Å². The molecule has 10 nitrogen and oxygen atoms in total. The lowest BCUT2D eigenvalue weighted by molar-refractivity contribution is 0.122. The van der Waals surface area contributed by atoms with Gasteiger partial charge >= 0.3 is 6.09 Å². The molecule has 1 fully saturated rings. The number of fused-ring (bicyclic) bond motifs is 1. The first-order valence-corrected chi connectivity index (χ1v) is 12.7. The number of hydrogen-bond donors (Lipinski definition) is 3. The Morgan fingerprint density at radius 1 is 0.949 bits per heavy atom. The van der Waals surface area contributed by atoms with Gasteiger partial charge < -0.3 is 25.8 Å². The van der Waals surface area contributed by atoms with Crippen LogP contribution in [-0.4, -0.2) is 57.0 Å². The van der Waals surface area contributed by atoms with Gasteiger partial charge in [-0.15, -0.1) is 0 Å². The maximum atomic E-state index is 10.9. The highest BCUT2D eigenvalue weighted by Crippen LogP contribution is 2.32. The zero-order chi connectivity index (χ0) is 26.8. The average Bonchev–Trinajstić information content (AvgIpc) is 3.35. The van der Waals surface area contributed by atoms with Gasteiger partial charge in [-0.25, -0.2) is 19.7 Å². The van der Waals surface area contributed by atoms with Crippen LogP contribution < -0.4 is 16.0 Å². The molecule has 4 N–H and O–H groups in total. The van der Waals surface area contributed by atoms with Crippen LogP contribution in [0.3, 0.4) is 0 Å². The number of nitrogens with zero attached hydrogens (tertiary/aromatic N) is 5. The molecule has 5 aromatic rings. The number of anilines is 2. The van der Waals surface area contributed by atoms with Crippen LogP contribution in [0.1, 0.15) is 5.56 Å². The number of rotatable bonds is 6. The smallest absolute Gasteiger partial charge is 0.404 e. The maximum absolute atomic E-state index is 10.9. The molecule has 1 aliphatic heterocycles. The number of benzene rings is 2. The van der Waals surface area contributed by atoms with E-state index in [9.17, 15) is 4.79 Å². The van der Waals surface area contributed by atoms with Crippen molar-refractivity contribution in [2.75, 3.05) is 36.9 Å². The van der Waals surface area contributed by atoms with Crippen LogP contribution in [0.25, 0.3) is 39.5 Å². The van der Waals surface area contributed by atoms with Gasteiger partial charge in [0, 0.05) is 42.8 Å². The number of morpholine rings is 1. The van der Waals surface area contributed by atoms with E-state index in [-0.39, 0.29) is 6.54 Å². The zero-order valence-corrected chi connectivity index (χ0v) is 21.1. The number of hydrogen-bond acceptors (Lipinski definition) is 7. The van der Waals surface area contributed by atoms with E-state index in [2.05, 4.69) is 39.5 Å². The zero-order valence-electron chi connectivity index (χ0n) is 21.1. The van der Waals surface area contributed by atoms with Gasteiger partial charge in [0.1, 0.15) is 11.3 Å². The van der Waals surface area contributed by atoms with E-state index in [1.54, 1.807) is 6.20 Å². The molecule has 6 rings (SSSR count). The van der Waals surface area contributed by atoms with Crippen molar-refractivity contribution in [2.45, 2.75) is 6.54 Å². The molecule has 0 unspecified atom stereocenters. The topological polar surface area (TPSA) is 131 Å². The number of nitrogens with one attached hydrogen (secondary N) is 1. The summed E-state index contributed by atoms with van der Waals surface area (Å²) in [5.41, 5.74) is 13.0. The lowest BCUT2D eigenvalue weighted by atomic mass is 10.1. The number of aromatic nitrogens is 4. The number of carboxylic acid groups (broad SMARTS) is 1. The molecule has 0 bridgehead atoms. The van der Waals surface area contributed by atoms with Crippen LogP contribution in [-0.2, 0) is 11.3 Å². The van der Waals surface area contributed by atoms with Crippen molar-refractivity contribution in [1.29, 1.82) is 0 Å². The van der Waals surface area contributed by atoms with Crippen LogP contribution in [0.4, 0.5) is 16.3 Å². The second-order valence-electron chi connectivity index (χ2n) is 9.22. The molecule has 0 radical (unpaired) electrons. The van der Waals surface area contributed by atoms with E-state index in [0.29, 0.717) is 22.9 Å². The monoisotopic (exact) mass is 521 g/mol. The summed E-state index contributed by atoms with van der Waals surface area (Å²) in [5.74, 6) is 0.995. The molecule has 0 saturated carbocycles. The maximum Gasteiger partial charge on any atom is 0.404 e. The number of ether oxygens (including phenoxy) is 1. The lowest BCUT2D eigenvalue weighted by Gasteiger charge is -2.28. The fourth-order valence-electron chi connectivity index (χ4n) is 4.75. The van der Waals surface area contributed by atoms with Crippen molar-refractivity contribution in [3.05, 3.63) is 84.6 Å². The van der Waals surface area contributed by atoms with E-state index in [4.69, 9.17) is 25.5 Å². The SMILES string of the molecule is Nc1ncccc1-c1nc2ccc(-c3ccc(N4CCOCC4)cc3)nc2n1-c1ccc(CNC(=O)O)cc1. The number of imidazole rings is 1. The molecular weight excluding hydrogens is 494 g/mol. The van der Waals surface area contributed by atoms with Crippen molar-refractivity contribution >= 4 is 28.8 Å². The molecule has 0 spiro atoms. The molecule has 196 valence electrons. The Morgan fingerprint density at radius 3 is 2.41 bits per heavy atom. The Hall–Kier alpha value is -4.96. The lowest BCUT2D eigenvalue weighted by Crippen LogP contribution is -2.36. The Labute approximate surface area is 224 Å². The molecule has 4 heterocycles. The van der Waals surface area contributed by atoms with Crippen molar-refractivity contribution in [3.63, 3.8) is 0 Å². The van der Waals surface area contributed by atoms with Gasteiger partial charge in [-0.05, 0) is 54.1 Å². The summed E-state index contributed by atoms with van der Waals surface area (Å²) >= 11 is 0. The third kappa shape index (κ3) is 4.97. The van der Waals surface area contributed by atoms with Crippen LogP contribution in [0.5, 0.6) is 0 Å². The predicted molar refractivity (Wildman–Crippen MR) is 150 cm³/mol. The van der Waals surface area contributed by atoms with Gasteiger partial charge in [-0.2, -0.15) is 0 Å². The van der Waals surface area contributed by atoms with E-state index in [1.165, 1.54) is 5.69 Å². The molecular formula is C29H27N7O3. The summed E-state index contributed by atoms with van der Waals surface area (Å²) in [6.07, 6.45) is 0.580. The standard InChI is InChI=1S/C29H27N7O3/c30-26-23(2-1-13-31-26)27-34-25-12-11-24(20-5-9-21(10-6-20)35-14-16-39-17-15-35)33-28(25)36(27)22-7-3-19(4-8-22)18-32-29(37)38/h1-13,32H,14-18H2,(H2,30,31)(H,37,38). The second-order valence-corrected chi connectivity index (χ2v) is 9.22. The van der Waals surface area contributed by atoms with E-state index < -0.39 is 6.09 Å². The fraction of sp³-hybridized carbons (Fsp3) is 0.172. The molecule has 0 aliphatic carbocycles. The summed E-state index contributed by atoms with van der Waals surface area (Å²) in [6, 6.07) is 23.7. The quantitative estimate of drug-likeness (QED) is 0.301. The Morgan fingerprint density at radius 2 is 1.69 bits per heavy atom. The first-order chi connectivity index (χ1) is 19.1. The summed E-state index contributed by atoms with van der Waals surface area (Å²) in [7, 11) is 0. The highest BCUT2D eigenvalue weighted by Gasteiger charge is 2.19. The molecule has 2 aromatic carbocycles. The summed E-state index contributed by atoms with van der Waals surface area (Å²) in [6.45, 7) is 3.46. The minimum absolute atomic E-state index is 0.214. The predicted octanol–water partition coefficient (Wildman–Crippen LogP) is 4.34. The number of carbonyl (C=O) groups is 1. The van der Waals surface area contributed by atoms with E-state index in [1.807, 2.05) is 53.1 Å². The Balaban J connectivity index is 1.42. The van der Waals surface area contributed by atoms with Crippen LogP contribution >= 0.6 is 0 Å². The Kier molecular flexibility index (Phi) is 6.52. The van der Waals surface area contributed by atoms with Gasteiger partial charge in [0.15, 0.2) is 11.5 Å². The number of nitrogens with two attached hydrogens (primary N) is 1. The number of pyridine rings is 2. The minimum Gasteiger partial charge on any atom is -0.465 e. The summed E-state index contributed by atoms with van der Waals surface area (Å²) in [4.78, 5) is 27.4. The third-order valence-corrected chi connectivity index (χ3v) is 6.76. The molecule has 3 aromatic heterocycles. The van der Waals surface area contributed by atoms with Gasteiger partial charge in [-0.3, -0.25) is 4.57 Å². The van der Waals surface area contributed by atoms with E-state index >= 15 is 0 Å². The number of amides is 1. The van der Waals surface area contributed by atoms with Crippen molar-refractivity contribution in [2.24, 2.45) is 0 Å². The van der Waals surface area contributed by atoms with Crippen molar-refractivity contribution in [1.82, 2.24) is 24.8 Å². The molecule has 10 heteroatoms. The molecule has 1 aliphatic rings. The normalized spacial score (nSPS) is 13.5. The fourth-order valence-corrected chi connectivity index (χ4v) is 4.75. The van der Waals surface area contributed by atoms with Gasteiger partial charge in [-0.1, -0.05) is 24.3 Å². The summed E-state index contributed by atoms with van der Waals surface area (Å²) in [5, 5.41) is 11.3. The highest BCUT2D eigenvalue weighted by molar-refractivity contribution is 5.84. The number of nitrogen functional groups attached to an aromatic ring is 1. The van der Waals surface area contributed by atoms with Crippen molar-refractivity contribution in [3.8, 4) is 28.3 Å². The molecule has 0 atom stereocenters. The van der Waals surface area contributed by atoms with Gasteiger partial charge in [0.2, 0.25) is 0 Å². The first kappa shape index (κ1) is 24.4.